The fraction of sp³-hybridized carbons (Fsp3) is 0.158. The molecule has 0 radical (unpaired) electrons. The van der Waals surface area contributed by atoms with Gasteiger partial charge in [0.1, 0.15) is 0 Å². The Balaban J connectivity index is 2.04. The zero-order valence-corrected chi connectivity index (χ0v) is 14.3. The van der Waals surface area contributed by atoms with Gasteiger partial charge in [-0.3, -0.25) is 4.79 Å². The molecular formula is C19H18ClN3O. The number of fused-ring (bicyclic) bond motifs is 1. The molecule has 0 fully saturated rings. The van der Waals surface area contributed by atoms with Gasteiger partial charge < -0.3 is 4.57 Å². The highest BCUT2D eigenvalue weighted by Crippen LogP contribution is 2.25. The first-order valence-electron chi connectivity index (χ1n) is 7.68. The predicted molar refractivity (Wildman–Crippen MR) is 98.6 cm³/mol. The first-order chi connectivity index (χ1) is 11.6. The van der Waals surface area contributed by atoms with Gasteiger partial charge in [-0.1, -0.05) is 41.9 Å². The number of para-hydroxylation sites is 1. The van der Waals surface area contributed by atoms with Crippen molar-refractivity contribution in [1.82, 2.24) is 9.99 Å². The first-order valence-corrected chi connectivity index (χ1v) is 8.06. The number of rotatable bonds is 4. The van der Waals surface area contributed by atoms with E-state index in [1.54, 1.807) is 6.21 Å². The normalized spacial score (nSPS) is 11.3. The van der Waals surface area contributed by atoms with Gasteiger partial charge >= 0.3 is 0 Å². The lowest BCUT2D eigenvalue weighted by atomic mass is 10.1. The van der Waals surface area contributed by atoms with Gasteiger partial charge in [0, 0.05) is 40.7 Å². The minimum atomic E-state index is -0.186. The summed E-state index contributed by atoms with van der Waals surface area (Å²) in [6, 6.07) is 16.0. The smallest absolute Gasteiger partial charge is 0.236 e. The van der Waals surface area contributed by atoms with Crippen molar-refractivity contribution < 1.29 is 4.79 Å². The van der Waals surface area contributed by atoms with E-state index in [1.165, 1.54) is 12.5 Å². The predicted octanol–water partition coefficient (Wildman–Crippen LogP) is 4.12. The molecule has 5 heteroatoms. The largest absolute Gasteiger partial charge is 0.340 e. The third kappa shape index (κ3) is 3.34. The standard InChI is InChI=1S/C19H18ClN3O/c1-13-18(11-21-22-14(2)24)17-5-3-4-6-19(17)23(13)12-15-7-9-16(20)10-8-15/h3-11H,12H2,1-2H3,(H,22,24)/b21-11-. The van der Waals surface area contributed by atoms with Crippen molar-refractivity contribution in [3.05, 3.63) is 70.4 Å². The Labute approximate surface area is 145 Å². The van der Waals surface area contributed by atoms with Crippen molar-refractivity contribution in [3.63, 3.8) is 0 Å². The number of carbonyl (C=O) groups is 1. The highest BCUT2D eigenvalue weighted by Gasteiger charge is 2.12. The number of hydrogen-bond acceptors (Lipinski definition) is 2. The summed E-state index contributed by atoms with van der Waals surface area (Å²) < 4.78 is 2.24. The average molecular weight is 340 g/mol. The monoisotopic (exact) mass is 339 g/mol. The summed E-state index contributed by atoms with van der Waals surface area (Å²) in [5, 5.41) is 5.87. The Morgan fingerprint density at radius 2 is 1.92 bits per heavy atom. The molecular weight excluding hydrogens is 322 g/mol. The van der Waals surface area contributed by atoms with Crippen molar-refractivity contribution in [3.8, 4) is 0 Å². The number of halogens is 1. The van der Waals surface area contributed by atoms with Crippen LogP contribution in [0.2, 0.25) is 5.02 Å². The molecule has 1 heterocycles. The molecule has 2 aromatic carbocycles. The zero-order valence-electron chi connectivity index (χ0n) is 13.6. The fourth-order valence-electron chi connectivity index (χ4n) is 2.78. The number of benzene rings is 2. The van der Waals surface area contributed by atoms with Crippen LogP contribution >= 0.6 is 11.6 Å². The summed E-state index contributed by atoms with van der Waals surface area (Å²) in [5.41, 5.74) is 6.87. The number of amides is 1. The minimum Gasteiger partial charge on any atom is -0.340 e. The SMILES string of the molecule is CC(=O)N/N=C\c1c(C)n(Cc2ccc(Cl)cc2)c2ccccc12. The van der Waals surface area contributed by atoms with Crippen LogP contribution in [0.3, 0.4) is 0 Å². The Kier molecular flexibility index (Phi) is 4.67. The molecule has 0 aliphatic carbocycles. The summed E-state index contributed by atoms with van der Waals surface area (Å²) in [7, 11) is 0. The number of hydrogen-bond donors (Lipinski definition) is 1. The van der Waals surface area contributed by atoms with Crippen molar-refractivity contribution >= 4 is 34.6 Å². The molecule has 1 amide bonds. The highest BCUT2D eigenvalue weighted by molar-refractivity contribution is 6.30. The molecule has 24 heavy (non-hydrogen) atoms. The lowest BCUT2D eigenvalue weighted by molar-refractivity contribution is -0.118. The van der Waals surface area contributed by atoms with Crippen molar-refractivity contribution in [2.24, 2.45) is 5.10 Å². The minimum absolute atomic E-state index is 0.186. The van der Waals surface area contributed by atoms with E-state index in [2.05, 4.69) is 34.2 Å². The molecule has 0 saturated carbocycles. The van der Waals surface area contributed by atoms with Crippen LogP contribution in [0.15, 0.2) is 53.6 Å². The summed E-state index contributed by atoms with van der Waals surface area (Å²) in [4.78, 5) is 11.0. The van der Waals surface area contributed by atoms with E-state index >= 15 is 0 Å². The number of nitrogens with one attached hydrogen (secondary N) is 1. The van der Waals surface area contributed by atoms with Crippen LogP contribution in [0.25, 0.3) is 10.9 Å². The third-order valence-electron chi connectivity index (χ3n) is 3.95. The Morgan fingerprint density at radius 1 is 1.21 bits per heavy atom. The number of aromatic nitrogens is 1. The zero-order chi connectivity index (χ0) is 17.1. The highest BCUT2D eigenvalue weighted by atomic mass is 35.5. The van der Waals surface area contributed by atoms with E-state index in [0.717, 1.165) is 33.7 Å². The van der Waals surface area contributed by atoms with Crippen LogP contribution in [-0.2, 0) is 11.3 Å². The maximum atomic E-state index is 11.0. The van der Waals surface area contributed by atoms with Gasteiger partial charge in [0.05, 0.1) is 6.21 Å². The third-order valence-corrected chi connectivity index (χ3v) is 4.20. The lowest BCUT2D eigenvalue weighted by Gasteiger charge is -2.09. The van der Waals surface area contributed by atoms with Gasteiger partial charge in [0.25, 0.3) is 0 Å². The molecule has 122 valence electrons. The number of nitrogens with zero attached hydrogens (tertiary/aromatic N) is 2. The molecule has 0 atom stereocenters. The van der Waals surface area contributed by atoms with Gasteiger partial charge in [0.15, 0.2) is 0 Å². The summed E-state index contributed by atoms with van der Waals surface area (Å²) in [5.74, 6) is -0.186. The summed E-state index contributed by atoms with van der Waals surface area (Å²) in [6.07, 6.45) is 1.71. The molecule has 0 aliphatic heterocycles. The van der Waals surface area contributed by atoms with Gasteiger partial charge in [-0.25, -0.2) is 5.43 Å². The maximum absolute atomic E-state index is 11.0. The van der Waals surface area contributed by atoms with Crippen LogP contribution < -0.4 is 5.43 Å². The van der Waals surface area contributed by atoms with Gasteiger partial charge in [-0.15, -0.1) is 0 Å². The van der Waals surface area contributed by atoms with Crippen LogP contribution in [0.1, 0.15) is 23.7 Å². The van der Waals surface area contributed by atoms with E-state index in [9.17, 15) is 4.79 Å². The van der Waals surface area contributed by atoms with Crippen LogP contribution in [0, 0.1) is 6.92 Å². The molecule has 0 unspecified atom stereocenters. The van der Waals surface area contributed by atoms with Crippen LogP contribution in [0.5, 0.6) is 0 Å². The van der Waals surface area contributed by atoms with E-state index in [1.807, 2.05) is 36.4 Å². The van der Waals surface area contributed by atoms with Gasteiger partial charge in [-0.05, 0) is 30.7 Å². The lowest BCUT2D eigenvalue weighted by Crippen LogP contribution is -2.12. The first kappa shape index (κ1) is 16.3. The second kappa shape index (κ2) is 6.89. The molecule has 3 rings (SSSR count). The van der Waals surface area contributed by atoms with Gasteiger partial charge in [-0.2, -0.15) is 5.10 Å². The number of carbonyl (C=O) groups excluding carboxylic acids is 1. The number of hydrazone groups is 1. The molecule has 0 spiro atoms. The van der Waals surface area contributed by atoms with Crippen LogP contribution in [-0.4, -0.2) is 16.7 Å². The molecule has 1 N–H and O–H groups in total. The van der Waals surface area contributed by atoms with E-state index in [-0.39, 0.29) is 5.91 Å². The molecule has 1 aromatic heterocycles. The molecule has 0 saturated heterocycles. The quantitative estimate of drug-likeness (QED) is 0.564. The molecule has 0 aliphatic rings. The maximum Gasteiger partial charge on any atom is 0.236 e. The van der Waals surface area contributed by atoms with E-state index < -0.39 is 0 Å². The summed E-state index contributed by atoms with van der Waals surface area (Å²) >= 11 is 5.97. The second-order valence-electron chi connectivity index (χ2n) is 5.66. The molecule has 3 aromatic rings. The van der Waals surface area contributed by atoms with E-state index in [0.29, 0.717) is 0 Å². The topological polar surface area (TPSA) is 46.4 Å². The molecule has 4 nitrogen and oxygen atoms in total. The van der Waals surface area contributed by atoms with Crippen molar-refractivity contribution in [2.45, 2.75) is 20.4 Å². The van der Waals surface area contributed by atoms with E-state index in [4.69, 9.17) is 11.6 Å². The Morgan fingerprint density at radius 3 is 2.62 bits per heavy atom. The Bertz CT molecular complexity index is 910. The fourth-order valence-corrected chi connectivity index (χ4v) is 2.91. The molecule has 0 bridgehead atoms. The second-order valence-corrected chi connectivity index (χ2v) is 6.09. The van der Waals surface area contributed by atoms with Crippen LogP contribution in [0.4, 0.5) is 0 Å². The summed E-state index contributed by atoms with van der Waals surface area (Å²) in [6.45, 7) is 4.25. The van der Waals surface area contributed by atoms with Gasteiger partial charge in [0.2, 0.25) is 5.91 Å². The Hall–Kier alpha value is -2.59. The van der Waals surface area contributed by atoms with Crippen molar-refractivity contribution in [2.75, 3.05) is 0 Å². The van der Waals surface area contributed by atoms with Crippen molar-refractivity contribution in [1.29, 1.82) is 0 Å². The average Bonchev–Trinajstić information content (AvgIpc) is 2.82.